The number of rotatable bonds is 3. The number of pyridine rings is 1. The molecule has 0 aliphatic rings. The number of aryl methyl sites for hydroxylation is 1. The summed E-state index contributed by atoms with van der Waals surface area (Å²) in [6.45, 7) is 7.37. The van der Waals surface area contributed by atoms with Crippen molar-refractivity contribution in [2.75, 3.05) is 6.54 Å². The molecule has 0 fully saturated rings. The number of hydrogen-bond donors (Lipinski definition) is 2. The Bertz CT molecular complexity index is 341. The standard InChI is InChI=1S/C10H16N2O/c1-4-11-6-9-8(3)10(13)7(2)5-12-9/h5,11H,4,6H2,1-3H3,(H,12,13). The third kappa shape index (κ3) is 2.18. The van der Waals surface area contributed by atoms with E-state index in [1.807, 2.05) is 20.8 Å². The van der Waals surface area contributed by atoms with Crippen molar-refractivity contribution >= 4 is 0 Å². The largest absolute Gasteiger partial charge is 0.363 e. The van der Waals surface area contributed by atoms with Crippen molar-refractivity contribution in [3.8, 4) is 0 Å². The predicted octanol–water partition coefficient (Wildman–Crippen LogP) is 1.10. The van der Waals surface area contributed by atoms with E-state index in [9.17, 15) is 4.79 Å². The highest BCUT2D eigenvalue weighted by molar-refractivity contribution is 5.23. The molecule has 0 saturated heterocycles. The molecule has 72 valence electrons. The third-order valence-electron chi connectivity index (χ3n) is 2.17. The molecule has 0 unspecified atom stereocenters. The van der Waals surface area contributed by atoms with Crippen molar-refractivity contribution in [1.29, 1.82) is 0 Å². The second kappa shape index (κ2) is 4.23. The first kappa shape index (κ1) is 9.99. The van der Waals surface area contributed by atoms with Gasteiger partial charge in [0.2, 0.25) is 0 Å². The van der Waals surface area contributed by atoms with Gasteiger partial charge < -0.3 is 10.3 Å². The van der Waals surface area contributed by atoms with Crippen LogP contribution in [-0.4, -0.2) is 11.5 Å². The Morgan fingerprint density at radius 1 is 1.46 bits per heavy atom. The monoisotopic (exact) mass is 180 g/mol. The molecule has 0 aliphatic heterocycles. The van der Waals surface area contributed by atoms with E-state index >= 15 is 0 Å². The van der Waals surface area contributed by atoms with Crippen LogP contribution in [0.5, 0.6) is 0 Å². The number of hydrogen-bond acceptors (Lipinski definition) is 2. The van der Waals surface area contributed by atoms with Gasteiger partial charge in [0.1, 0.15) is 0 Å². The van der Waals surface area contributed by atoms with Crippen molar-refractivity contribution in [3.05, 3.63) is 33.2 Å². The Morgan fingerprint density at radius 2 is 2.15 bits per heavy atom. The van der Waals surface area contributed by atoms with Crippen LogP contribution in [0.3, 0.4) is 0 Å². The molecule has 3 heteroatoms. The molecule has 0 amide bonds. The van der Waals surface area contributed by atoms with Crippen LogP contribution in [0, 0.1) is 13.8 Å². The van der Waals surface area contributed by atoms with Crippen molar-refractivity contribution in [2.24, 2.45) is 0 Å². The van der Waals surface area contributed by atoms with E-state index in [-0.39, 0.29) is 5.43 Å². The molecule has 0 saturated carbocycles. The zero-order valence-corrected chi connectivity index (χ0v) is 8.40. The summed E-state index contributed by atoms with van der Waals surface area (Å²) >= 11 is 0. The van der Waals surface area contributed by atoms with Gasteiger partial charge in [-0.25, -0.2) is 0 Å². The van der Waals surface area contributed by atoms with Gasteiger partial charge in [-0.15, -0.1) is 0 Å². The fraction of sp³-hybridized carbons (Fsp3) is 0.500. The molecular weight excluding hydrogens is 164 g/mol. The number of nitrogens with one attached hydrogen (secondary N) is 2. The van der Waals surface area contributed by atoms with Crippen molar-refractivity contribution < 1.29 is 0 Å². The van der Waals surface area contributed by atoms with Crippen LogP contribution in [0.25, 0.3) is 0 Å². The maximum Gasteiger partial charge on any atom is 0.187 e. The molecule has 0 aliphatic carbocycles. The van der Waals surface area contributed by atoms with Gasteiger partial charge >= 0.3 is 0 Å². The van der Waals surface area contributed by atoms with E-state index in [4.69, 9.17) is 0 Å². The topological polar surface area (TPSA) is 44.9 Å². The van der Waals surface area contributed by atoms with Crippen LogP contribution < -0.4 is 10.7 Å². The molecular formula is C10H16N2O. The minimum atomic E-state index is 0.145. The van der Waals surface area contributed by atoms with Gasteiger partial charge in [0, 0.05) is 29.6 Å². The van der Waals surface area contributed by atoms with E-state index in [1.54, 1.807) is 6.20 Å². The zero-order chi connectivity index (χ0) is 9.84. The zero-order valence-electron chi connectivity index (χ0n) is 8.40. The van der Waals surface area contributed by atoms with Crippen molar-refractivity contribution in [3.63, 3.8) is 0 Å². The highest BCUT2D eigenvalue weighted by Crippen LogP contribution is 1.99. The first-order valence-corrected chi connectivity index (χ1v) is 4.55. The summed E-state index contributed by atoms with van der Waals surface area (Å²) in [5.74, 6) is 0. The number of H-pyrrole nitrogens is 1. The quantitative estimate of drug-likeness (QED) is 0.731. The van der Waals surface area contributed by atoms with Crippen LogP contribution in [-0.2, 0) is 6.54 Å². The Balaban J connectivity index is 2.97. The fourth-order valence-electron chi connectivity index (χ4n) is 1.24. The van der Waals surface area contributed by atoms with E-state index < -0.39 is 0 Å². The molecule has 1 heterocycles. The third-order valence-corrected chi connectivity index (χ3v) is 2.17. The van der Waals surface area contributed by atoms with Gasteiger partial charge in [-0.3, -0.25) is 4.79 Å². The Labute approximate surface area is 78.2 Å². The van der Waals surface area contributed by atoms with Gasteiger partial charge in [0.25, 0.3) is 0 Å². The van der Waals surface area contributed by atoms with E-state index in [0.717, 1.165) is 29.9 Å². The van der Waals surface area contributed by atoms with E-state index in [1.165, 1.54) is 0 Å². The van der Waals surface area contributed by atoms with Gasteiger partial charge in [0.15, 0.2) is 5.43 Å². The molecule has 1 aromatic heterocycles. The molecule has 1 rings (SSSR count). The van der Waals surface area contributed by atoms with Crippen LogP contribution in [0.2, 0.25) is 0 Å². The molecule has 3 nitrogen and oxygen atoms in total. The minimum absolute atomic E-state index is 0.145. The Kier molecular flexibility index (Phi) is 3.25. The predicted molar refractivity (Wildman–Crippen MR) is 53.9 cm³/mol. The summed E-state index contributed by atoms with van der Waals surface area (Å²) in [4.78, 5) is 14.6. The lowest BCUT2D eigenvalue weighted by molar-refractivity contribution is 0.705. The minimum Gasteiger partial charge on any atom is -0.363 e. The maximum absolute atomic E-state index is 11.5. The van der Waals surface area contributed by atoms with E-state index in [0.29, 0.717) is 0 Å². The number of aromatic amines is 1. The van der Waals surface area contributed by atoms with Crippen LogP contribution in [0.1, 0.15) is 23.7 Å². The summed E-state index contributed by atoms with van der Waals surface area (Å²) in [5, 5.41) is 3.18. The average Bonchev–Trinajstić information content (AvgIpc) is 2.13. The van der Waals surface area contributed by atoms with Gasteiger partial charge in [-0.1, -0.05) is 6.92 Å². The summed E-state index contributed by atoms with van der Waals surface area (Å²) in [7, 11) is 0. The second-order valence-corrected chi connectivity index (χ2v) is 3.18. The highest BCUT2D eigenvalue weighted by Gasteiger charge is 2.03. The van der Waals surface area contributed by atoms with Gasteiger partial charge in [0.05, 0.1) is 0 Å². The molecule has 2 N–H and O–H groups in total. The molecule has 0 bridgehead atoms. The molecule has 1 aromatic rings. The van der Waals surface area contributed by atoms with Gasteiger partial charge in [-0.05, 0) is 20.4 Å². The van der Waals surface area contributed by atoms with Gasteiger partial charge in [-0.2, -0.15) is 0 Å². The normalized spacial score (nSPS) is 10.4. The SMILES string of the molecule is CCNCc1[nH]cc(C)c(=O)c1C. The first-order chi connectivity index (χ1) is 6.16. The van der Waals surface area contributed by atoms with E-state index in [2.05, 4.69) is 10.3 Å². The fourth-order valence-corrected chi connectivity index (χ4v) is 1.24. The number of aromatic nitrogens is 1. The average molecular weight is 180 g/mol. The maximum atomic E-state index is 11.5. The Morgan fingerprint density at radius 3 is 2.77 bits per heavy atom. The van der Waals surface area contributed by atoms with Crippen LogP contribution in [0.15, 0.2) is 11.0 Å². The lowest BCUT2D eigenvalue weighted by Crippen LogP contribution is -2.19. The molecule has 0 radical (unpaired) electrons. The smallest absolute Gasteiger partial charge is 0.187 e. The highest BCUT2D eigenvalue weighted by atomic mass is 16.1. The summed E-state index contributed by atoms with van der Waals surface area (Å²) in [5.41, 5.74) is 2.72. The molecule has 0 aromatic carbocycles. The van der Waals surface area contributed by atoms with Crippen molar-refractivity contribution in [1.82, 2.24) is 10.3 Å². The van der Waals surface area contributed by atoms with Crippen LogP contribution in [0.4, 0.5) is 0 Å². The van der Waals surface area contributed by atoms with Crippen LogP contribution >= 0.6 is 0 Å². The summed E-state index contributed by atoms with van der Waals surface area (Å²) in [6.07, 6.45) is 1.77. The Hall–Kier alpha value is -1.09. The second-order valence-electron chi connectivity index (χ2n) is 3.18. The lowest BCUT2D eigenvalue weighted by Gasteiger charge is -2.06. The lowest BCUT2D eigenvalue weighted by atomic mass is 10.1. The molecule has 0 atom stereocenters. The first-order valence-electron chi connectivity index (χ1n) is 4.55. The van der Waals surface area contributed by atoms with Crippen molar-refractivity contribution in [2.45, 2.75) is 27.3 Å². The summed E-state index contributed by atoms with van der Waals surface area (Å²) < 4.78 is 0. The summed E-state index contributed by atoms with van der Waals surface area (Å²) in [6, 6.07) is 0. The molecule has 13 heavy (non-hydrogen) atoms. The molecule has 0 spiro atoms.